The molecular weight excluding hydrogens is 340 g/mol. The predicted molar refractivity (Wildman–Crippen MR) is 89.5 cm³/mol. The number of carbonyl (C=O) groups is 3. The molecule has 1 fully saturated rings. The SMILES string of the molecule is Cc1cc(C)n2nc(C(=O)OCC(=O)NC(=O)NC3CCCC3)nc2n1. The van der Waals surface area contributed by atoms with Gasteiger partial charge in [0.2, 0.25) is 0 Å². The molecule has 1 aliphatic carbocycles. The van der Waals surface area contributed by atoms with Gasteiger partial charge in [0.1, 0.15) is 0 Å². The van der Waals surface area contributed by atoms with E-state index in [0.717, 1.165) is 37.1 Å². The van der Waals surface area contributed by atoms with Crippen molar-refractivity contribution in [2.75, 3.05) is 6.61 Å². The average Bonchev–Trinajstić information content (AvgIpc) is 3.21. The Hall–Kier alpha value is -3.04. The molecule has 0 bridgehead atoms. The minimum Gasteiger partial charge on any atom is -0.450 e. The number of urea groups is 1. The van der Waals surface area contributed by atoms with Gasteiger partial charge in [-0.05, 0) is 32.8 Å². The summed E-state index contributed by atoms with van der Waals surface area (Å²) >= 11 is 0. The summed E-state index contributed by atoms with van der Waals surface area (Å²) in [5.74, 6) is -1.51. The van der Waals surface area contributed by atoms with Crippen LogP contribution in [0.1, 0.15) is 47.7 Å². The highest BCUT2D eigenvalue weighted by atomic mass is 16.5. The van der Waals surface area contributed by atoms with Gasteiger partial charge in [0.15, 0.2) is 6.61 Å². The standard InChI is InChI=1S/C16H20N6O4/c1-9-7-10(2)22-15(17-9)20-13(21-22)14(24)26-8-12(23)19-16(25)18-11-5-3-4-6-11/h7,11H,3-6,8H2,1-2H3,(H2,18,19,23,25). The Morgan fingerprint density at radius 3 is 2.69 bits per heavy atom. The number of imide groups is 1. The first-order chi connectivity index (χ1) is 12.4. The molecule has 2 aromatic rings. The van der Waals surface area contributed by atoms with Crippen LogP contribution in [-0.4, -0.2) is 50.1 Å². The van der Waals surface area contributed by atoms with Crippen LogP contribution in [0.4, 0.5) is 4.79 Å². The Morgan fingerprint density at radius 2 is 1.96 bits per heavy atom. The molecule has 3 rings (SSSR count). The summed E-state index contributed by atoms with van der Waals surface area (Å²) in [6.45, 7) is 3.01. The van der Waals surface area contributed by atoms with Crippen molar-refractivity contribution in [1.29, 1.82) is 0 Å². The van der Waals surface area contributed by atoms with E-state index in [0.29, 0.717) is 0 Å². The second-order valence-corrected chi connectivity index (χ2v) is 6.27. The molecule has 138 valence electrons. The molecule has 1 aliphatic rings. The van der Waals surface area contributed by atoms with Crippen LogP contribution in [0.2, 0.25) is 0 Å². The maximum atomic E-state index is 12.0. The Labute approximate surface area is 149 Å². The fourth-order valence-corrected chi connectivity index (χ4v) is 2.90. The molecule has 2 heterocycles. The number of esters is 1. The van der Waals surface area contributed by atoms with Gasteiger partial charge >= 0.3 is 12.0 Å². The Morgan fingerprint density at radius 1 is 1.23 bits per heavy atom. The van der Waals surface area contributed by atoms with E-state index >= 15 is 0 Å². The van der Waals surface area contributed by atoms with E-state index < -0.39 is 24.5 Å². The quantitative estimate of drug-likeness (QED) is 0.767. The highest BCUT2D eigenvalue weighted by Gasteiger charge is 2.20. The predicted octanol–water partition coefficient (Wildman–Crippen LogP) is 0.666. The monoisotopic (exact) mass is 360 g/mol. The van der Waals surface area contributed by atoms with Crippen molar-refractivity contribution in [2.24, 2.45) is 0 Å². The highest BCUT2D eigenvalue weighted by molar-refractivity contribution is 5.96. The minimum absolute atomic E-state index is 0.0896. The van der Waals surface area contributed by atoms with E-state index in [1.165, 1.54) is 4.52 Å². The topological polar surface area (TPSA) is 128 Å². The summed E-state index contributed by atoms with van der Waals surface area (Å²) in [5, 5.41) is 8.86. The fraction of sp³-hybridized carbons (Fsp3) is 0.500. The van der Waals surface area contributed by atoms with Crippen LogP contribution in [0, 0.1) is 13.8 Å². The summed E-state index contributed by atoms with van der Waals surface area (Å²) in [6, 6.07) is 1.30. The molecule has 0 aromatic carbocycles. The number of aromatic nitrogens is 4. The van der Waals surface area contributed by atoms with E-state index in [1.807, 2.05) is 6.92 Å². The van der Waals surface area contributed by atoms with Gasteiger partial charge in [-0.2, -0.15) is 4.98 Å². The maximum absolute atomic E-state index is 12.0. The van der Waals surface area contributed by atoms with Crippen molar-refractivity contribution in [1.82, 2.24) is 30.2 Å². The molecule has 0 atom stereocenters. The number of rotatable bonds is 4. The molecule has 10 heteroatoms. The van der Waals surface area contributed by atoms with Crippen molar-refractivity contribution in [3.63, 3.8) is 0 Å². The van der Waals surface area contributed by atoms with Crippen LogP contribution in [-0.2, 0) is 9.53 Å². The van der Waals surface area contributed by atoms with E-state index in [-0.39, 0.29) is 17.6 Å². The lowest BCUT2D eigenvalue weighted by Gasteiger charge is -2.12. The normalized spacial score (nSPS) is 14.4. The van der Waals surface area contributed by atoms with E-state index in [1.54, 1.807) is 13.0 Å². The second-order valence-electron chi connectivity index (χ2n) is 6.27. The van der Waals surface area contributed by atoms with Gasteiger partial charge in [-0.15, -0.1) is 5.10 Å². The number of hydrogen-bond donors (Lipinski definition) is 2. The molecular formula is C16H20N6O4. The Bertz CT molecular complexity index is 856. The van der Waals surface area contributed by atoms with Gasteiger partial charge < -0.3 is 10.1 Å². The summed E-state index contributed by atoms with van der Waals surface area (Å²) in [4.78, 5) is 43.6. The lowest BCUT2D eigenvalue weighted by molar-refractivity contribution is -0.123. The van der Waals surface area contributed by atoms with Gasteiger partial charge in [0.05, 0.1) is 0 Å². The van der Waals surface area contributed by atoms with Crippen LogP contribution in [0.5, 0.6) is 0 Å². The van der Waals surface area contributed by atoms with E-state index in [9.17, 15) is 14.4 Å². The van der Waals surface area contributed by atoms with Crippen molar-refractivity contribution in [3.8, 4) is 0 Å². The van der Waals surface area contributed by atoms with Gasteiger partial charge in [-0.25, -0.2) is 19.1 Å². The smallest absolute Gasteiger partial charge is 0.378 e. The minimum atomic E-state index is -0.862. The number of amides is 3. The van der Waals surface area contributed by atoms with Crippen molar-refractivity contribution < 1.29 is 19.1 Å². The number of fused-ring (bicyclic) bond motifs is 1. The lowest BCUT2D eigenvalue weighted by Crippen LogP contribution is -2.45. The third-order valence-electron chi connectivity index (χ3n) is 4.08. The zero-order chi connectivity index (χ0) is 18.7. The largest absolute Gasteiger partial charge is 0.450 e. The van der Waals surface area contributed by atoms with Crippen LogP contribution in [0.15, 0.2) is 6.07 Å². The third-order valence-corrected chi connectivity index (χ3v) is 4.08. The molecule has 2 N–H and O–H groups in total. The second kappa shape index (κ2) is 7.46. The zero-order valence-electron chi connectivity index (χ0n) is 14.6. The summed E-state index contributed by atoms with van der Waals surface area (Å²) < 4.78 is 6.28. The molecule has 2 aromatic heterocycles. The summed E-state index contributed by atoms with van der Waals surface area (Å²) in [5.41, 5.74) is 1.51. The highest BCUT2D eigenvalue weighted by Crippen LogP contribution is 2.17. The van der Waals surface area contributed by atoms with Crippen molar-refractivity contribution in [3.05, 3.63) is 23.3 Å². The van der Waals surface area contributed by atoms with E-state index in [2.05, 4.69) is 25.7 Å². The van der Waals surface area contributed by atoms with E-state index in [4.69, 9.17) is 4.74 Å². The maximum Gasteiger partial charge on any atom is 0.378 e. The number of hydrogen-bond acceptors (Lipinski definition) is 7. The number of ether oxygens (including phenoxy) is 1. The number of nitrogens with zero attached hydrogens (tertiary/aromatic N) is 4. The molecule has 3 amide bonds. The summed E-state index contributed by atoms with van der Waals surface area (Å²) in [7, 11) is 0. The summed E-state index contributed by atoms with van der Waals surface area (Å²) in [6.07, 6.45) is 3.94. The molecule has 0 unspecified atom stereocenters. The molecule has 26 heavy (non-hydrogen) atoms. The lowest BCUT2D eigenvalue weighted by atomic mass is 10.2. The van der Waals surface area contributed by atoms with Crippen LogP contribution >= 0.6 is 0 Å². The molecule has 1 saturated carbocycles. The first-order valence-corrected chi connectivity index (χ1v) is 8.41. The number of aryl methyl sites for hydroxylation is 2. The fourth-order valence-electron chi connectivity index (χ4n) is 2.90. The Balaban J connectivity index is 1.52. The van der Waals surface area contributed by atoms with Gasteiger partial charge in [0.25, 0.3) is 17.5 Å². The molecule has 10 nitrogen and oxygen atoms in total. The molecule has 0 radical (unpaired) electrons. The molecule has 0 aliphatic heterocycles. The first-order valence-electron chi connectivity index (χ1n) is 8.41. The number of nitrogens with one attached hydrogen (secondary N) is 2. The average molecular weight is 360 g/mol. The van der Waals surface area contributed by atoms with Crippen molar-refractivity contribution >= 4 is 23.7 Å². The first kappa shape index (κ1) is 17.8. The van der Waals surface area contributed by atoms with Gasteiger partial charge in [0, 0.05) is 17.4 Å². The number of carbonyl (C=O) groups excluding carboxylic acids is 3. The molecule has 0 saturated heterocycles. The third kappa shape index (κ3) is 4.13. The Kier molecular flexibility index (Phi) is 5.10. The van der Waals surface area contributed by atoms with Crippen LogP contribution < -0.4 is 10.6 Å². The van der Waals surface area contributed by atoms with Crippen LogP contribution in [0.25, 0.3) is 5.78 Å². The van der Waals surface area contributed by atoms with Gasteiger partial charge in [-0.3, -0.25) is 10.1 Å². The van der Waals surface area contributed by atoms with Crippen molar-refractivity contribution in [2.45, 2.75) is 45.6 Å². The zero-order valence-corrected chi connectivity index (χ0v) is 14.6. The van der Waals surface area contributed by atoms with Crippen LogP contribution in [0.3, 0.4) is 0 Å². The van der Waals surface area contributed by atoms with Gasteiger partial charge in [-0.1, -0.05) is 12.8 Å². The molecule has 0 spiro atoms.